The first-order valence-corrected chi connectivity index (χ1v) is 10.8. The van der Waals surface area contributed by atoms with Crippen LogP contribution in [-0.4, -0.2) is 26.3 Å². The van der Waals surface area contributed by atoms with Crippen LogP contribution in [0.5, 0.6) is 5.75 Å². The van der Waals surface area contributed by atoms with E-state index in [9.17, 15) is 4.79 Å². The Morgan fingerprint density at radius 2 is 1.78 bits per heavy atom. The molecule has 5 rings (SSSR count). The summed E-state index contributed by atoms with van der Waals surface area (Å²) in [6.07, 6.45) is 5.08. The topological polar surface area (TPSA) is 61.4 Å². The Bertz CT molecular complexity index is 1450. The van der Waals surface area contributed by atoms with Crippen LogP contribution in [0.25, 0.3) is 27.7 Å². The van der Waals surface area contributed by atoms with Crippen LogP contribution in [0.3, 0.4) is 0 Å². The molecule has 0 spiro atoms. The highest BCUT2D eigenvalue weighted by molar-refractivity contribution is 5.86. The molecule has 6 nitrogen and oxygen atoms in total. The number of nitrogens with zero attached hydrogens (tertiary/aromatic N) is 4. The van der Waals surface area contributed by atoms with Crippen LogP contribution in [0.4, 0.5) is 0 Å². The van der Waals surface area contributed by atoms with Crippen LogP contribution in [-0.2, 0) is 19.4 Å². The Hall–Kier alpha value is -3.93. The molecule has 2 aromatic carbocycles. The van der Waals surface area contributed by atoms with Crippen LogP contribution in [0.1, 0.15) is 18.2 Å². The van der Waals surface area contributed by atoms with Crippen molar-refractivity contribution in [2.75, 3.05) is 7.11 Å². The fourth-order valence-corrected chi connectivity index (χ4v) is 4.12. The van der Waals surface area contributed by atoms with Gasteiger partial charge in [-0.1, -0.05) is 49.4 Å². The van der Waals surface area contributed by atoms with Crippen LogP contribution >= 0.6 is 0 Å². The van der Waals surface area contributed by atoms with E-state index in [1.807, 2.05) is 59.2 Å². The Morgan fingerprint density at radius 1 is 1.00 bits per heavy atom. The van der Waals surface area contributed by atoms with Gasteiger partial charge in [-0.2, -0.15) is 5.10 Å². The lowest BCUT2D eigenvalue weighted by molar-refractivity contribution is 0.414. The summed E-state index contributed by atoms with van der Waals surface area (Å²) in [5.41, 5.74) is 5.73. The van der Waals surface area contributed by atoms with E-state index < -0.39 is 0 Å². The fourth-order valence-electron chi connectivity index (χ4n) is 4.12. The summed E-state index contributed by atoms with van der Waals surface area (Å²) in [4.78, 5) is 17.9. The van der Waals surface area contributed by atoms with Crippen LogP contribution < -0.4 is 10.3 Å². The van der Waals surface area contributed by atoms with Gasteiger partial charge in [-0.05, 0) is 42.2 Å². The van der Waals surface area contributed by atoms with E-state index in [0.717, 1.165) is 52.1 Å². The molecule has 0 amide bonds. The zero-order chi connectivity index (χ0) is 22.1. The summed E-state index contributed by atoms with van der Waals surface area (Å²) in [7, 11) is 1.65. The lowest BCUT2D eigenvalue weighted by Crippen LogP contribution is -2.21. The van der Waals surface area contributed by atoms with Crippen molar-refractivity contribution in [3.05, 3.63) is 94.7 Å². The molecule has 0 bridgehead atoms. The largest absolute Gasteiger partial charge is 0.497 e. The minimum Gasteiger partial charge on any atom is -0.497 e. The van der Waals surface area contributed by atoms with E-state index in [2.05, 4.69) is 24.0 Å². The highest BCUT2D eigenvalue weighted by Crippen LogP contribution is 2.29. The summed E-state index contributed by atoms with van der Waals surface area (Å²) in [5, 5.41) is 5.38. The molecular formula is C26H24N4O2. The van der Waals surface area contributed by atoms with Crippen molar-refractivity contribution in [2.45, 2.75) is 26.3 Å². The van der Waals surface area contributed by atoms with Gasteiger partial charge >= 0.3 is 0 Å². The smallest absolute Gasteiger partial charge is 0.261 e. The zero-order valence-corrected chi connectivity index (χ0v) is 18.2. The first kappa shape index (κ1) is 20.0. The number of hydrogen-bond donors (Lipinski definition) is 0. The van der Waals surface area contributed by atoms with Gasteiger partial charge in [-0.3, -0.25) is 4.79 Å². The molecule has 0 fully saturated rings. The molecular weight excluding hydrogens is 400 g/mol. The third-order valence-electron chi connectivity index (χ3n) is 5.86. The highest BCUT2D eigenvalue weighted by Gasteiger charge is 2.17. The second-order valence-electron chi connectivity index (χ2n) is 7.75. The highest BCUT2D eigenvalue weighted by atomic mass is 16.5. The number of pyridine rings is 1. The van der Waals surface area contributed by atoms with Crippen LogP contribution in [0, 0.1) is 0 Å². The molecule has 5 aromatic rings. The van der Waals surface area contributed by atoms with Crippen molar-refractivity contribution in [2.24, 2.45) is 0 Å². The number of ether oxygens (including phenoxy) is 1. The molecule has 3 aromatic heterocycles. The average molecular weight is 425 g/mol. The molecule has 0 N–H and O–H groups in total. The van der Waals surface area contributed by atoms with Gasteiger partial charge in [-0.25, -0.2) is 9.50 Å². The maximum Gasteiger partial charge on any atom is 0.261 e. The maximum absolute atomic E-state index is 13.2. The van der Waals surface area contributed by atoms with Gasteiger partial charge in [0, 0.05) is 24.5 Å². The third-order valence-corrected chi connectivity index (χ3v) is 5.86. The van der Waals surface area contributed by atoms with Crippen molar-refractivity contribution in [3.8, 4) is 16.9 Å². The van der Waals surface area contributed by atoms with E-state index in [4.69, 9.17) is 9.84 Å². The molecule has 32 heavy (non-hydrogen) atoms. The third kappa shape index (κ3) is 3.43. The van der Waals surface area contributed by atoms with Gasteiger partial charge in [0.05, 0.1) is 23.7 Å². The first-order valence-electron chi connectivity index (χ1n) is 10.8. The molecule has 0 atom stereocenters. The lowest BCUT2D eigenvalue weighted by Gasteiger charge is -2.09. The van der Waals surface area contributed by atoms with E-state index in [0.29, 0.717) is 11.9 Å². The minimum atomic E-state index is -0.0554. The van der Waals surface area contributed by atoms with Gasteiger partial charge in [-0.15, -0.1) is 0 Å². The van der Waals surface area contributed by atoms with Crippen molar-refractivity contribution < 1.29 is 4.74 Å². The predicted molar refractivity (Wildman–Crippen MR) is 126 cm³/mol. The summed E-state index contributed by atoms with van der Waals surface area (Å²) >= 11 is 0. The van der Waals surface area contributed by atoms with Gasteiger partial charge < -0.3 is 9.30 Å². The summed E-state index contributed by atoms with van der Waals surface area (Å²) in [6, 6.07) is 20.0. The molecule has 0 saturated heterocycles. The number of methoxy groups -OCH3 is 1. The molecule has 0 aliphatic carbocycles. The van der Waals surface area contributed by atoms with Gasteiger partial charge in [0.15, 0.2) is 5.65 Å². The normalized spacial score (nSPS) is 11.3. The van der Waals surface area contributed by atoms with E-state index >= 15 is 0 Å². The van der Waals surface area contributed by atoms with Crippen molar-refractivity contribution in [1.82, 2.24) is 19.2 Å². The molecule has 6 heteroatoms. The predicted octanol–water partition coefficient (Wildman–Crippen LogP) is 4.52. The fraction of sp³-hybridized carbons (Fsp3) is 0.192. The first-order chi connectivity index (χ1) is 15.7. The number of aryl methyl sites for hydroxylation is 3. The van der Waals surface area contributed by atoms with E-state index in [1.54, 1.807) is 17.9 Å². The molecule has 0 aliphatic heterocycles. The monoisotopic (exact) mass is 424 g/mol. The summed E-state index contributed by atoms with van der Waals surface area (Å²) in [6.45, 7) is 2.68. The minimum absolute atomic E-state index is 0.0554. The quantitative estimate of drug-likeness (QED) is 0.402. The van der Waals surface area contributed by atoms with Crippen LogP contribution in [0.15, 0.2) is 77.9 Å². The second-order valence-corrected chi connectivity index (χ2v) is 7.75. The second kappa shape index (κ2) is 8.30. The molecule has 0 aliphatic rings. The maximum atomic E-state index is 13.2. The van der Waals surface area contributed by atoms with Crippen molar-refractivity contribution in [3.63, 3.8) is 0 Å². The van der Waals surface area contributed by atoms with E-state index in [-0.39, 0.29) is 5.56 Å². The molecule has 3 heterocycles. The van der Waals surface area contributed by atoms with Crippen molar-refractivity contribution >= 4 is 16.6 Å². The number of hydrogen-bond acceptors (Lipinski definition) is 4. The number of aromatic nitrogens is 4. The summed E-state index contributed by atoms with van der Waals surface area (Å²) in [5.74, 6) is 0.826. The lowest BCUT2D eigenvalue weighted by atomic mass is 10.0. The average Bonchev–Trinajstić information content (AvgIpc) is 3.23. The number of fused-ring (bicyclic) bond motifs is 3. The zero-order valence-electron chi connectivity index (χ0n) is 18.2. The van der Waals surface area contributed by atoms with Crippen LogP contribution in [0.2, 0.25) is 0 Å². The number of benzene rings is 2. The van der Waals surface area contributed by atoms with Gasteiger partial charge in [0.1, 0.15) is 5.75 Å². The number of rotatable bonds is 6. The Labute approximate surface area is 185 Å². The summed E-state index contributed by atoms with van der Waals surface area (Å²) < 4.78 is 8.76. The van der Waals surface area contributed by atoms with Gasteiger partial charge in [0.2, 0.25) is 0 Å². The molecule has 0 saturated carbocycles. The SMILES string of the molecule is CCc1nn2c(ncc3c(=O)n(CCc4ccc(OC)cc4)ccc32)c1-c1ccccc1. The Balaban J connectivity index is 1.55. The molecule has 0 radical (unpaired) electrons. The Morgan fingerprint density at radius 3 is 2.50 bits per heavy atom. The van der Waals surface area contributed by atoms with Crippen molar-refractivity contribution in [1.29, 1.82) is 0 Å². The van der Waals surface area contributed by atoms with E-state index in [1.165, 1.54) is 0 Å². The molecule has 160 valence electrons. The van der Waals surface area contributed by atoms with Gasteiger partial charge in [0.25, 0.3) is 5.56 Å². The standard InChI is InChI=1S/C26H24N4O2/c1-3-22-24(19-7-5-4-6-8-19)25-27-17-21-23(30(25)28-22)14-16-29(26(21)31)15-13-18-9-11-20(32-2)12-10-18/h4-12,14,16-17H,3,13,15H2,1-2H3. The Kier molecular flexibility index (Phi) is 5.19. The molecule has 0 unspecified atom stereocenters.